The molecule has 6 rings (SSSR count). The molecule has 9 atom stereocenters. The number of hydrogen-bond acceptors (Lipinski definition) is 7. The smallest absolute Gasteiger partial charge is 0.338 e. The molecule has 0 N–H and O–H groups in total. The Morgan fingerprint density at radius 3 is 2.02 bits per heavy atom. The van der Waals surface area contributed by atoms with Gasteiger partial charge in [0, 0.05) is 35.9 Å². The van der Waals surface area contributed by atoms with Gasteiger partial charge in [-0.05, 0) is 97.8 Å². The van der Waals surface area contributed by atoms with Crippen LogP contribution in [-0.4, -0.2) is 65.7 Å². The summed E-state index contributed by atoms with van der Waals surface area (Å²) in [6.45, 7) is 28.8. The van der Waals surface area contributed by atoms with Gasteiger partial charge in [0.15, 0.2) is 34.3 Å². The van der Waals surface area contributed by atoms with Gasteiger partial charge in [-0.15, -0.1) is 0 Å². The maximum Gasteiger partial charge on any atom is 0.338 e. The van der Waals surface area contributed by atoms with Crippen LogP contribution < -0.4 is 0 Å². The van der Waals surface area contributed by atoms with E-state index >= 15 is 4.79 Å². The highest BCUT2D eigenvalue weighted by Crippen LogP contribution is 2.70. The fourth-order valence-corrected chi connectivity index (χ4v) is 12.9. The largest absolute Gasteiger partial charge is 0.450 e. The molecule has 4 aliphatic carbocycles. The van der Waals surface area contributed by atoms with Gasteiger partial charge in [-0.1, -0.05) is 73.6 Å². The van der Waals surface area contributed by atoms with Crippen molar-refractivity contribution < 1.29 is 32.7 Å². The molecule has 274 valence electrons. The Bertz CT molecular complexity index is 1410. The summed E-state index contributed by atoms with van der Waals surface area (Å²) >= 11 is 0. The van der Waals surface area contributed by atoms with Gasteiger partial charge in [0.25, 0.3) is 0 Å². The normalized spacial score (nSPS) is 37.8. The monoisotopic (exact) mass is 712 g/mol. The predicted molar refractivity (Wildman–Crippen MR) is 197 cm³/mol. The number of ether oxygens (including phenoxy) is 3. The lowest BCUT2D eigenvalue weighted by atomic mass is 9.43. The average molecular weight is 713 g/mol. The van der Waals surface area contributed by atoms with Gasteiger partial charge in [-0.2, -0.15) is 0 Å². The van der Waals surface area contributed by atoms with Crippen LogP contribution in [-0.2, 0) is 27.9 Å². The van der Waals surface area contributed by atoms with Gasteiger partial charge in [0.2, 0.25) is 0 Å². The molecule has 1 saturated heterocycles. The molecule has 1 aromatic carbocycles. The van der Waals surface area contributed by atoms with Crippen molar-refractivity contribution in [3.8, 4) is 0 Å². The van der Waals surface area contributed by atoms with Crippen LogP contribution in [0.5, 0.6) is 0 Å². The molecule has 0 aromatic heterocycles. The topological polar surface area (TPSA) is 80.3 Å². The minimum absolute atomic E-state index is 0.00857. The number of carbonyl (C=O) groups excluding carboxylic acids is 2. The molecule has 1 aliphatic heterocycles. The lowest BCUT2D eigenvalue weighted by molar-refractivity contribution is -0.263. The molecule has 5 fully saturated rings. The van der Waals surface area contributed by atoms with E-state index < -0.39 is 39.9 Å². The first kappa shape index (κ1) is 37.4. The van der Waals surface area contributed by atoms with E-state index in [4.69, 9.17) is 23.1 Å². The van der Waals surface area contributed by atoms with Gasteiger partial charge < -0.3 is 23.1 Å². The van der Waals surface area contributed by atoms with Crippen LogP contribution in [0.4, 0.5) is 0 Å². The molecule has 0 unspecified atom stereocenters. The molecule has 1 spiro atoms. The zero-order chi connectivity index (χ0) is 36.0. The van der Waals surface area contributed by atoms with Crippen molar-refractivity contribution in [2.45, 2.75) is 154 Å². The molecule has 5 aliphatic rings. The van der Waals surface area contributed by atoms with Crippen molar-refractivity contribution in [2.24, 2.45) is 34.5 Å². The summed E-state index contributed by atoms with van der Waals surface area (Å²) in [5, 5.41) is 0.0779. The SMILES string of the molecule is CC(C)(C)[Si](C)(C)O[C@H]1CC[C@]2(C)[C@@H]3[C@@H](C(=O)[C@H](OC(=O)c4ccccc4)[C@H]2C1)[C@@H]1CCC2(OCCO2)[C@@]1(C)C[C@@H]3O[Si](C)(C)C(C)(C)C. The number of benzene rings is 1. The van der Waals surface area contributed by atoms with Crippen molar-refractivity contribution in [2.75, 3.05) is 13.2 Å². The standard InChI is InChI=1S/C40H64O7Si2/c1-36(2,3)48(9,10)46-27-18-20-38(7)29(24-27)34(45-35(42)26-16-14-13-15-17-26)33(41)31-28-19-21-40(43-22-23-44-40)39(28,8)25-30(32(31)38)47-49(11,12)37(4,5)6/h13-17,27-32,34H,18-25H2,1-12H3/t27-,28-,29+,30-,31-,32-,34+,38-,39-/m0/s1. The fraction of sp³-hybridized carbons (Fsp3) is 0.800. The van der Waals surface area contributed by atoms with Crippen molar-refractivity contribution in [1.82, 2.24) is 0 Å². The minimum atomic E-state index is -2.26. The van der Waals surface area contributed by atoms with E-state index in [1.807, 2.05) is 18.2 Å². The maximum atomic E-state index is 15.4. The van der Waals surface area contributed by atoms with Gasteiger partial charge in [0.1, 0.15) is 0 Å². The number of hydrogen-bond donors (Lipinski definition) is 0. The number of ketones is 1. The maximum absolute atomic E-state index is 15.4. The molecule has 1 heterocycles. The molecular formula is C40H64O7Si2. The quantitative estimate of drug-likeness (QED) is 0.215. The highest BCUT2D eigenvalue weighted by atomic mass is 28.4. The minimum Gasteiger partial charge on any atom is -0.450 e. The summed E-state index contributed by atoms with van der Waals surface area (Å²) in [7, 11) is -4.34. The Morgan fingerprint density at radius 1 is 0.837 bits per heavy atom. The van der Waals surface area contributed by atoms with E-state index in [0.717, 1.165) is 32.1 Å². The molecule has 0 radical (unpaired) electrons. The Balaban J connectivity index is 1.45. The zero-order valence-electron chi connectivity index (χ0n) is 32.4. The molecule has 1 aromatic rings. The van der Waals surface area contributed by atoms with Crippen LogP contribution in [0, 0.1) is 34.5 Å². The molecule has 7 nitrogen and oxygen atoms in total. The van der Waals surface area contributed by atoms with Crippen molar-refractivity contribution in [3.05, 3.63) is 35.9 Å². The van der Waals surface area contributed by atoms with Gasteiger partial charge >= 0.3 is 5.97 Å². The van der Waals surface area contributed by atoms with Crippen LogP contribution in [0.1, 0.15) is 104 Å². The van der Waals surface area contributed by atoms with Gasteiger partial charge in [-0.3, -0.25) is 4.79 Å². The first-order chi connectivity index (χ1) is 22.6. The summed E-state index contributed by atoms with van der Waals surface area (Å²) in [4.78, 5) is 29.3. The second-order valence-electron chi connectivity index (χ2n) is 19.7. The number of rotatable bonds is 6. The van der Waals surface area contributed by atoms with E-state index in [9.17, 15) is 4.79 Å². The van der Waals surface area contributed by atoms with Crippen molar-refractivity contribution in [3.63, 3.8) is 0 Å². The van der Waals surface area contributed by atoms with Crippen LogP contribution in [0.25, 0.3) is 0 Å². The fourth-order valence-electron chi connectivity index (χ4n) is 10.1. The lowest BCUT2D eigenvalue weighted by Gasteiger charge is -2.65. The summed E-state index contributed by atoms with van der Waals surface area (Å²) < 4.78 is 34.1. The van der Waals surface area contributed by atoms with E-state index in [1.54, 1.807) is 12.1 Å². The van der Waals surface area contributed by atoms with E-state index in [-0.39, 0.29) is 57.2 Å². The number of carbonyl (C=O) groups is 2. The summed E-state index contributed by atoms with van der Waals surface area (Å²) in [5.41, 5.74) is -0.202. The Kier molecular flexibility index (Phi) is 9.43. The second kappa shape index (κ2) is 12.4. The molecular weight excluding hydrogens is 649 g/mol. The summed E-state index contributed by atoms with van der Waals surface area (Å²) in [6.07, 6.45) is 4.02. The third kappa shape index (κ3) is 6.08. The first-order valence-electron chi connectivity index (χ1n) is 19.0. The highest BCUT2D eigenvalue weighted by Gasteiger charge is 2.73. The van der Waals surface area contributed by atoms with Gasteiger partial charge in [-0.25, -0.2) is 4.79 Å². The van der Waals surface area contributed by atoms with Crippen LogP contribution in [0.2, 0.25) is 36.3 Å². The number of esters is 1. The number of fused-ring (bicyclic) bond motifs is 6. The Hall–Kier alpha value is -1.37. The molecule has 49 heavy (non-hydrogen) atoms. The van der Waals surface area contributed by atoms with Crippen LogP contribution in [0.15, 0.2) is 30.3 Å². The van der Waals surface area contributed by atoms with E-state index in [1.165, 1.54) is 0 Å². The van der Waals surface area contributed by atoms with Crippen LogP contribution in [0.3, 0.4) is 0 Å². The third-order valence-corrected chi connectivity index (χ3v) is 24.0. The molecule has 0 amide bonds. The zero-order valence-corrected chi connectivity index (χ0v) is 34.4. The van der Waals surface area contributed by atoms with Gasteiger partial charge in [0.05, 0.1) is 18.8 Å². The number of Topliss-reactive ketones (excluding diaryl/α,β-unsaturated/α-hetero) is 1. The predicted octanol–water partition coefficient (Wildman–Crippen LogP) is 9.18. The van der Waals surface area contributed by atoms with Crippen LogP contribution >= 0.6 is 0 Å². The Morgan fingerprint density at radius 2 is 1.43 bits per heavy atom. The summed E-state index contributed by atoms with van der Waals surface area (Å²) in [6, 6.07) is 9.13. The lowest BCUT2D eigenvalue weighted by Crippen LogP contribution is -2.69. The van der Waals surface area contributed by atoms with E-state index in [0.29, 0.717) is 25.2 Å². The molecule has 4 saturated carbocycles. The molecule has 0 bridgehead atoms. The molecule has 9 heteroatoms. The first-order valence-corrected chi connectivity index (χ1v) is 24.8. The second-order valence-corrected chi connectivity index (χ2v) is 29.2. The van der Waals surface area contributed by atoms with E-state index in [2.05, 4.69) is 81.6 Å². The Labute approximate surface area is 298 Å². The van der Waals surface area contributed by atoms with Crippen molar-refractivity contribution in [1.29, 1.82) is 0 Å². The summed E-state index contributed by atoms with van der Waals surface area (Å²) in [5.74, 6) is -1.48. The third-order valence-electron chi connectivity index (χ3n) is 14.9. The highest BCUT2D eigenvalue weighted by molar-refractivity contribution is 6.74. The average Bonchev–Trinajstić information content (AvgIpc) is 3.59. The van der Waals surface area contributed by atoms with Crippen molar-refractivity contribution >= 4 is 28.4 Å².